The number of ether oxygens (including phenoxy) is 2. The van der Waals surface area contributed by atoms with Gasteiger partial charge in [-0.15, -0.1) is 6.58 Å². The molecule has 0 unspecified atom stereocenters. The summed E-state index contributed by atoms with van der Waals surface area (Å²) >= 11 is 6.82. The summed E-state index contributed by atoms with van der Waals surface area (Å²) in [5, 5.41) is 1.55. The zero-order valence-electron chi connectivity index (χ0n) is 17.7. The van der Waals surface area contributed by atoms with Crippen LogP contribution in [0.5, 0.6) is 11.5 Å². The minimum absolute atomic E-state index is 0.135. The van der Waals surface area contributed by atoms with E-state index in [-0.39, 0.29) is 5.91 Å². The molecule has 7 heteroatoms. The second kappa shape index (κ2) is 9.53. The highest BCUT2D eigenvalue weighted by Gasteiger charge is 2.34. The lowest BCUT2D eigenvalue weighted by Crippen LogP contribution is -2.39. The van der Waals surface area contributed by atoms with Crippen molar-refractivity contribution in [1.29, 1.82) is 0 Å². The van der Waals surface area contributed by atoms with Crippen LogP contribution in [0.15, 0.2) is 41.8 Å². The van der Waals surface area contributed by atoms with Crippen LogP contribution in [0, 0.1) is 13.8 Å². The maximum Gasteiger partial charge on any atom is 0.285 e. The third-order valence-electron chi connectivity index (χ3n) is 4.61. The van der Waals surface area contributed by atoms with Gasteiger partial charge in [0.1, 0.15) is 0 Å². The van der Waals surface area contributed by atoms with E-state index in [0.29, 0.717) is 34.6 Å². The molecular weight excluding hydrogens is 416 g/mol. The molecule has 5 nitrogen and oxygen atoms in total. The van der Waals surface area contributed by atoms with Gasteiger partial charge in [-0.1, -0.05) is 17.8 Å². The van der Waals surface area contributed by atoms with E-state index in [2.05, 4.69) is 6.58 Å². The predicted molar refractivity (Wildman–Crippen MR) is 128 cm³/mol. The number of rotatable bonds is 8. The fourth-order valence-electron chi connectivity index (χ4n) is 3.40. The summed E-state index contributed by atoms with van der Waals surface area (Å²) < 4.78 is 14.0. The number of carbonyl (C=O) groups is 1. The highest BCUT2D eigenvalue weighted by molar-refractivity contribution is 8.27. The number of aromatic nitrogens is 1. The molecule has 0 radical (unpaired) electrons. The van der Waals surface area contributed by atoms with Gasteiger partial charge in [0, 0.05) is 17.0 Å². The molecule has 1 saturated heterocycles. The zero-order chi connectivity index (χ0) is 21.8. The van der Waals surface area contributed by atoms with Crippen molar-refractivity contribution < 1.29 is 14.3 Å². The lowest BCUT2D eigenvalue weighted by atomic mass is 10.0. The molecule has 30 heavy (non-hydrogen) atoms. The highest BCUT2D eigenvalue weighted by atomic mass is 32.2. The van der Waals surface area contributed by atoms with Crippen LogP contribution in [0.2, 0.25) is 0 Å². The minimum atomic E-state index is -0.135. The molecule has 1 aliphatic rings. The van der Waals surface area contributed by atoms with Gasteiger partial charge in [-0.2, -0.15) is 5.01 Å². The van der Waals surface area contributed by atoms with Gasteiger partial charge in [-0.05, 0) is 82.2 Å². The van der Waals surface area contributed by atoms with E-state index in [1.165, 1.54) is 11.8 Å². The Labute approximate surface area is 187 Å². The number of hydrogen-bond acceptors (Lipinski definition) is 5. The first-order valence-electron chi connectivity index (χ1n) is 9.87. The lowest BCUT2D eigenvalue weighted by Gasteiger charge is -2.20. The molecule has 3 rings (SSSR count). The summed E-state index contributed by atoms with van der Waals surface area (Å²) in [4.78, 5) is 13.7. The van der Waals surface area contributed by atoms with Gasteiger partial charge in [0.25, 0.3) is 5.91 Å². The minimum Gasteiger partial charge on any atom is -0.490 e. The predicted octanol–water partition coefficient (Wildman–Crippen LogP) is 5.17. The average molecular weight is 443 g/mol. The lowest BCUT2D eigenvalue weighted by molar-refractivity contribution is -0.114. The van der Waals surface area contributed by atoms with E-state index in [1.54, 1.807) is 5.01 Å². The summed E-state index contributed by atoms with van der Waals surface area (Å²) in [6.07, 6.45) is 4.33. The molecule has 0 aliphatic carbocycles. The fourth-order valence-corrected chi connectivity index (χ4v) is 4.65. The van der Waals surface area contributed by atoms with Crippen LogP contribution in [0.4, 0.5) is 0 Å². The second-order valence-electron chi connectivity index (χ2n) is 6.79. The van der Waals surface area contributed by atoms with E-state index in [1.807, 2.05) is 68.8 Å². The average Bonchev–Trinajstić information content (AvgIpc) is 3.16. The van der Waals surface area contributed by atoms with Gasteiger partial charge in [-0.3, -0.25) is 9.47 Å². The highest BCUT2D eigenvalue weighted by Crippen LogP contribution is 2.37. The number of aryl methyl sites for hydroxylation is 2. The third-order valence-corrected chi connectivity index (χ3v) is 5.89. The number of benzene rings is 1. The molecule has 0 bridgehead atoms. The van der Waals surface area contributed by atoms with Crippen LogP contribution in [0.1, 0.15) is 36.4 Å². The Bertz CT molecular complexity index is 1000. The molecule has 1 fully saturated rings. The number of thioether (sulfide) groups is 1. The van der Waals surface area contributed by atoms with Crippen molar-refractivity contribution in [2.45, 2.75) is 34.1 Å². The van der Waals surface area contributed by atoms with E-state index < -0.39 is 0 Å². The number of hydrogen-bond donors (Lipinski definition) is 0. The summed E-state index contributed by atoms with van der Waals surface area (Å²) in [5.41, 5.74) is 3.74. The van der Waals surface area contributed by atoms with E-state index in [0.717, 1.165) is 28.3 Å². The van der Waals surface area contributed by atoms with Crippen molar-refractivity contribution in [3.8, 4) is 11.5 Å². The number of allylic oxidation sites excluding steroid dienone is 1. The maximum absolute atomic E-state index is 13.2. The van der Waals surface area contributed by atoms with Crippen LogP contribution in [-0.2, 0) is 11.2 Å². The van der Waals surface area contributed by atoms with E-state index in [4.69, 9.17) is 21.7 Å². The van der Waals surface area contributed by atoms with E-state index in [9.17, 15) is 4.79 Å². The third kappa shape index (κ3) is 4.32. The molecule has 1 aromatic heterocycles. The summed E-state index contributed by atoms with van der Waals surface area (Å²) in [5.74, 6) is 1.25. The quantitative estimate of drug-likeness (QED) is 0.321. The smallest absolute Gasteiger partial charge is 0.285 e. The Morgan fingerprint density at radius 2 is 1.80 bits per heavy atom. The molecule has 158 valence electrons. The zero-order valence-corrected chi connectivity index (χ0v) is 19.4. The normalized spacial score (nSPS) is 15.2. The molecule has 2 heterocycles. The first-order valence-corrected chi connectivity index (χ1v) is 11.1. The largest absolute Gasteiger partial charge is 0.490 e. The second-order valence-corrected chi connectivity index (χ2v) is 8.46. The molecule has 0 N–H and O–H groups in total. The van der Waals surface area contributed by atoms with Crippen molar-refractivity contribution in [1.82, 2.24) is 4.68 Å². The monoisotopic (exact) mass is 442 g/mol. The van der Waals surface area contributed by atoms with Gasteiger partial charge in [0.05, 0.1) is 18.1 Å². The fraction of sp³-hybridized carbons (Fsp3) is 0.304. The number of amides is 1. The summed E-state index contributed by atoms with van der Waals surface area (Å²) in [6.45, 7) is 12.7. The Hall–Kier alpha value is -2.51. The standard InChI is InChI=1S/C23H26N2O3S2/c1-6-9-18-12-17(13-19(27-7-2)21(18)28-8-3)14-20-22(26)25(23(29)30-20)24-15(4)10-11-16(24)5/h6,10-14H,1,7-9H2,2-5H3/b20-14+. The van der Waals surface area contributed by atoms with Crippen molar-refractivity contribution in [2.75, 3.05) is 18.2 Å². The van der Waals surface area contributed by atoms with Gasteiger partial charge in [0.2, 0.25) is 0 Å². The van der Waals surface area contributed by atoms with Gasteiger partial charge in [0.15, 0.2) is 15.8 Å². The molecule has 0 saturated carbocycles. The van der Waals surface area contributed by atoms with Crippen LogP contribution < -0.4 is 14.5 Å². The molecule has 1 amide bonds. The summed E-state index contributed by atoms with van der Waals surface area (Å²) in [7, 11) is 0. The maximum atomic E-state index is 13.2. The van der Waals surface area contributed by atoms with Crippen LogP contribution >= 0.6 is 24.0 Å². The number of nitrogens with zero attached hydrogens (tertiary/aromatic N) is 2. The molecule has 1 aliphatic heterocycles. The Morgan fingerprint density at radius 3 is 2.40 bits per heavy atom. The van der Waals surface area contributed by atoms with Crippen LogP contribution in [0.3, 0.4) is 0 Å². The van der Waals surface area contributed by atoms with Gasteiger partial charge in [-0.25, -0.2) is 0 Å². The first-order chi connectivity index (χ1) is 14.4. The molecule has 2 aromatic rings. The van der Waals surface area contributed by atoms with Crippen LogP contribution in [0.25, 0.3) is 6.08 Å². The Balaban J connectivity index is 2.03. The van der Waals surface area contributed by atoms with Crippen LogP contribution in [-0.4, -0.2) is 28.1 Å². The topological polar surface area (TPSA) is 43.7 Å². The molecular formula is C23H26N2O3S2. The van der Waals surface area contributed by atoms with E-state index >= 15 is 0 Å². The Kier molecular flexibility index (Phi) is 7.05. The molecule has 0 spiro atoms. The Morgan fingerprint density at radius 1 is 1.13 bits per heavy atom. The first kappa shape index (κ1) is 22.2. The van der Waals surface area contributed by atoms with Crippen molar-refractivity contribution in [2.24, 2.45) is 0 Å². The molecule has 1 aromatic carbocycles. The number of carbonyl (C=O) groups excluding carboxylic acids is 1. The van der Waals surface area contributed by atoms with Crippen molar-refractivity contribution in [3.63, 3.8) is 0 Å². The number of thiocarbonyl (C=S) groups is 1. The van der Waals surface area contributed by atoms with Gasteiger partial charge < -0.3 is 9.47 Å². The molecule has 0 atom stereocenters. The van der Waals surface area contributed by atoms with Gasteiger partial charge >= 0.3 is 0 Å². The summed E-state index contributed by atoms with van der Waals surface area (Å²) in [6, 6.07) is 7.85. The van der Waals surface area contributed by atoms with Crippen molar-refractivity contribution in [3.05, 3.63) is 64.3 Å². The van der Waals surface area contributed by atoms with Crippen molar-refractivity contribution >= 4 is 40.3 Å². The SMILES string of the molecule is C=CCc1cc(/C=C2/SC(=S)N(n3c(C)ccc3C)C2=O)cc(OCC)c1OCC.